The fourth-order valence-electron chi connectivity index (χ4n) is 4.17. The third kappa shape index (κ3) is 7.68. The molecule has 1 aliphatic carbocycles. The molecule has 0 bridgehead atoms. The molecule has 0 heterocycles. The molecule has 2 rings (SSSR count). The molecule has 27 heavy (non-hydrogen) atoms. The molecule has 0 aromatic heterocycles. The van der Waals surface area contributed by atoms with Gasteiger partial charge in [0, 0.05) is 12.3 Å². The predicted molar refractivity (Wildman–Crippen MR) is 114 cm³/mol. The van der Waals surface area contributed by atoms with E-state index in [1.165, 1.54) is 44.1 Å². The molecule has 2 heteroatoms. The Morgan fingerprint density at radius 1 is 1.00 bits per heavy atom. The molecule has 0 amide bonds. The first kappa shape index (κ1) is 22.0. The van der Waals surface area contributed by atoms with E-state index in [4.69, 9.17) is 4.74 Å². The zero-order chi connectivity index (χ0) is 19.5. The van der Waals surface area contributed by atoms with Gasteiger partial charge in [-0.2, -0.15) is 0 Å². The summed E-state index contributed by atoms with van der Waals surface area (Å²) >= 11 is 0. The highest BCUT2D eigenvalue weighted by Crippen LogP contribution is 2.37. The van der Waals surface area contributed by atoms with Crippen molar-refractivity contribution in [3.63, 3.8) is 0 Å². The number of Topliss-reactive ketones (excluding diaryl/α,β-unsaturated/α-hetero) is 1. The normalized spacial score (nSPS) is 21.2. The van der Waals surface area contributed by atoms with Crippen LogP contribution in [0, 0.1) is 11.8 Å². The Kier molecular flexibility index (Phi) is 9.94. The van der Waals surface area contributed by atoms with Gasteiger partial charge in [-0.05, 0) is 55.2 Å². The molecule has 3 atom stereocenters. The molecule has 1 aliphatic rings. The van der Waals surface area contributed by atoms with E-state index in [1.54, 1.807) is 0 Å². The summed E-state index contributed by atoms with van der Waals surface area (Å²) in [5, 5.41) is 0. The quantitative estimate of drug-likeness (QED) is 0.359. The van der Waals surface area contributed by atoms with Crippen LogP contribution in [0.1, 0.15) is 103 Å². The third-order valence-electron chi connectivity index (χ3n) is 6.27. The summed E-state index contributed by atoms with van der Waals surface area (Å²) in [6, 6.07) is 8.51. The number of rotatable bonds is 12. The van der Waals surface area contributed by atoms with Gasteiger partial charge in [-0.1, -0.05) is 71.4 Å². The Morgan fingerprint density at radius 2 is 1.70 bits per heavy atom. The second-order valence-corrected chi connectivity index (χ2v) is 8.58. The SMILES string of the molecule is CCCCCCCCOc1ccc(C2CCC(CC(C)CC)C(=O)C2)cc1. The summed E-state index contributed by atoms with van der Waals surface area (Å²) in [4.78, 5) is 12.5. The number of hydrogen-bond donors (Lipinski definition) is 0. The number of carbonyl (C=O) groups is 1. The van der Waals surface area contributed by atoms with E-state index < -0.39 is 0 Å². The van der Waals surface area contributed by atoms with Gasteiger partial charge in [-0.15, -0.1) is 0 Å². The summed E-state index contributed by atoms with van der Waals surface area (Å²) in [5.74, 6) is 2.81. The van der Waals surface area contributed by atoms with Crippen molar-refractivity contribution in [2.75, 3.05) is 6.61 Å². The standard InChI is InChI=1S/C25H40O2/c1-4-6-7-8-9-10-17-27-24-15-13-21(14-16-24)22-11-12-23(25(26)19-22)18-20(3)5-2/h13-16,20,22-23H,4-12,17-19H2,1-3H3. The monoisotopic (exact) mass is 372 g/mol. The molecule has 0 radical (unpaired) electrons. The smallest absolute Gasteiger partial charge is 0.136 e. The van der Waals surface area contributed by atoms with E-state index in [2.05, 4.69) is 45.0 Å². The fraction of sp³-hybridized carbons (Fsp3) is 0.720. The van der Waals surface area contributed by atoms with Crippen molar-refractivity contribution in [1.29, 1.82) is 0 Å². The lowest BCUT2D eigenvalue weighted by Crippen LogP contribution is -2.25. The zero-order valence-electron chi connectivity index (χ0n) is 17.8. The van der Waals surface area contributed by atoms with Crippen LogP contribution in [0.5, 0.6) is 5.75 Å². The largest absolute Gasteiger partial charge is 0.494 e. The van der Waals surface area contributed by atoms with Gasteiger partial charge < -0.3 is 4.74 Å². The van der Waals surface area contributed by atoms with Gasteiger partial charge in [0.2, 0.25) is 0 Å². The third-order valence-corrected chi connectivity index (χ3v) is 6.27. The van der Waals surface area contributed by atoms with Gasteiger partial charge in [-0.25, -0.2) is 0 Å². The number of benzene rings is 1. The Hall–Kier alpha value is -1.31. The minimum absolute atomic E-state index is 0.302. The van der Waals surface area contributed by atoms with Gasteiger partial charge in [0.15, 0.2) is 0 Å². The maximum Gasteiger partial charge on any atom is 0.136 e. The van der Waals surface area contributed by atoms with Crippen molar-refractivity contribution in [3.8, 4) is 5.75 Å². The number of carbonyl (C=O) groups excluding carboxylic acids is 1. The molecule has 0 spiro atoms. The molecule has 2 nitrogen and oxygen atoms in total. The molecule has 0 aliphatic heterocycles. The average Bonchev–Trinajstić information content (AvgIpc) is 2.69. The van der Waals surface area contributed by atoms with Gasteiger partial charge in [0.1, 0.15) is 11.5 Å². The van der Waals surface area contributed by atoms with E-state index in [9.17, 15) is 4.79 Å². The first-order valence-corrected chi connectivity index (χ1v) is 11.4. The van der Waals surface area contributed by atoms with Crippen LogP contribution in [0.25, 0.3) is 0 Å². The molecule has 3 unspecified atom stereocenters. The summed E-state index contributed by atoms with van der Waals surface area (Å²) in [7, 11) is 0. The van der Waals surface area contributed by atoms with E-state index >= 15 is 0 Å². The van der Waals surface area contributed by atoms with E-state index in [-0.39, 0.29) is 0 Å². The molecule has 1 aromatic rings. The molecule has 1 aromatic carbocycles. The van der Waals surface area contributed by atoms with Crippen LogP contribution < -0.4 is 4.74 Å². The Labute approximate surface area is 167 Å². The average molecular weight is 373 g/mol. The summed E-state index contributed by atoms with van der Waals surface area (Å²) in [5.41, 5.74) is 1.30. The van der Waals surface area contributed by atoms with Gasteiger partial charge in [0.05, 0.1) is 6.61 Å². The van der Waals surface area contributed by atoms with Crippen LogP contribution in [0.2, 0.25) is 0 Å². The van der Waals surface area contributed by atoms with Crippen molar-refractivity contribution < 1.29 is 9.53 Å². The van der Waals surface area contributed by atoms with Crippen molar-refractivity contribution in [3.05, 3.63) is 29.8 Å². The topological polar surface area (TPSA) is 26.3 Å². The maximum absolute atomic E-state index is 12.5. The molecule has 152 valence electrons. The second-order valence-electron chi connectivity index (χ2n) is 8.58. The van der Waals surface area contributed by atoms with Gasteiger partial charge >= 0.3 is 0 Å². The molecular formula is C25H40O2. The lowest BCUT2D eigenvalue weighted by atomic mass is 9.75. The van der Waals surface area contributed by atoms with Crippen LogP contribution in [-0.4, -0.2) is 12.4 Å². The Balaban J connectivity index is 1.71. The lowest BCUT2D eigenvalue weighted by Gasteiger charge is -2.29. The van der Waals surface area contributed by atoms with E-state index in [0.717, 1.165) is 44.5 Å². The highest BCUT2D eigenvalue weighted by molar-refractivity contribution is 5.82. The highest BCUT2D eigenvalue weighted by Gasteiger charge is 2.29. The minimum atomic E-state index is 0.302. The van der Waals surface area contributed by atoms with E-state index in [1.807, 2.05) is 0 Å². The van der Waals surface area contributed by atoms with Crippen molar-refractivity contribution >= 4 is 5.78 Å². The molecule has 1 fully saturated rings. The van der Waals surface area contributed by atoms with Crippen LogP contribution in [0.15, 0.2) is 24.3 Å². The minimum Gasteiger partial charge on any atom is -0.494 e. The highest BCUT2D eigenvalue weighted by atomic mass is 16.5. The molecule has 1 saturated carbocycles. The second kappa shape index (κ2) is 12.2. The summed E-state index contributed by atoms with van der Waals surface area (Å²) in [6.45, 7) is 7.55. The van der Waals surface area contributed by atoms with Crippen LogP contribution in [-0.2, 0) is 4.79 Å². The van der Waals surface area contributed by atoms with Crippen LogP contribution >= 0.6 is 0 Å². The Bertz CT molecular complexity index is 534. The first-order chi connectivity index (χ1) is 13.1. The van der Waals surface area contributed by atoms with Crippen molar-refractivity contribution in [1.82, 2.24) is 0 Å². The Morgan fingerprint density at radius 3 is 2.37 bits per heavy atom. The number of ketones is 1. The molecule has 0 saturated heterocycles. The lowest BCUT2D eigenvalue weighted by molar-refractivity contribution is -0.125. The first-order valence-electron chi connectivity index (χ1n) is 11.4. The maximum atomic E-state index is 12.5. The number of unbranched alkanes of at least 4 members (excludes halogenated alkanes) is 5. The molecular weight excluding hydrogens is 332 g/mol. The van der Waals surface area contributed by atoms with Gasteiger partial charge in [-0.3, -0.25) is 4.79 Å². The summed E-state index contributed by atoms with van der Waals surface area (Å²) in [6.07, 6.45) is 12.9. The zero-order valence-corrected chi connectivity index (χ0v) is 17.8. The fourth-order valence-corrected chi connectivity index (χ4v) is 4.17. The molecule has 0 N–H and O–H groups in total. The van der Waals surface area contributed by atoms with Crippen molar-refractivity contribution in [2.24, 2.45) is 11.8 Å². The predicted octanol–water partition coefficient (Wildman–Crippen LogP) is 7.31. The summed E-state index contributed by atoms with van der Waals surface area (Å²) < 4.78 is 5.88. The van der Waals surface area contributed by atoms with Crippen LogP contribution in [0.3, 0.4) is 0 Å². The number of ether oxygens (including phenoxy) is 1. The van der Waals surface area contributed by atoms with Crippen molar-refractivity contribution in [2.45, 2.75) is 97.3 Å². The van der Waals surface area contributed by atoms with Crippen LogP contribution in [0.4, 0.5) is 0 Å². The number of hydrogen-bond acceptors (Lipinski definition) is 2. The van der Waals surface area contributed by atoms with Gasteiger partial charge in [0.25, 0.3) is 0 Å². The van der Waals surface area contributed by atoms with E-state index in [0.29, 0.717) is 23.5 Å².